The van der Waals surface area contributed by atoms with Crippen molar-refractivity contribution in [1.82, 2.24) is 0 Å². The van der Waals surface area contributed by atoms with E-state index in [-0.39, 0.29) is 13.2 Å². The van der Waals surface area contributed by atoms with E-state index in [9.17, 15) is 9.59 Å². The highest BCUT2D eigenvalue weighted by atomic mass is 16.7. The molecule has 2 fully saturated rings. The summed E-state index contributed by atoms with van der Waals surface area (Å²) in [5, 5.41) is 0. The number of esters is 2. The summed E-state index contributed by atoms with van der Waals surface area (Å²) in [6.07, 6.45) is 3.53. The zero-order valence-electron chi connectivity index (χ0n) is 19.9. The van der Waals surface area contributed by atoms with Gasteiger partial charge in [-0.15, -0.1) is 0 Å². The van der Waals surface area contributed by atoms with Gasteiger partial charge in [-0.3, -0.25) is 0 Å². The quantitative estimate of drug-likeness (QED) is 0.317. The number of fused-ring (bicyclic) bond motifs is 1. The Bertz CT molecular complexity index is 1090. The van der Waals surface area contributed by atoms with Gasteiger partial charge in [0.25, 0.3) is 0 Å². The molecule has 2 aromatic carbocycles. The Morgan fingerprint density at radius 1 is 0.778 bits per heavy atom. The maximum Gasteiger partial charge on any atom is 0.331 e. The number of ether oxygens (including phenoxy) is 6. The number of benzene rings is 2. The Hall–Kier alpha value is -4.02. The maximum absolute atomic E-state index is 12.3. The van der Waals surface area contributed by atoms with Crippen LogP contribution in [0.4, 0.5) is 11.4 Å². The lowest BCUT2D eigenvalue weighted by atomic mass is 10.1. The van der Waals surface area contributed by atoms with Crippen molar-refractivity contribution in [1.29, 1.82) is 0 Å². The van der Waals surface area contributed by atoms with Crippen molar-refractivity contribution in [3.8, 4) is 11.5 Å². The van der Waals surface area contributed by atoms with E-state index in [1.54, 1.807) is 48.6 Å². The molecule has 36 heavy (non-hydrogen) atoms. The summed E-state index contributed by atoms with van der Waals surface area (Å²) < 4.78 is 32.8. The van der Waals surface area contributed by atoms with Crippen LogP contribution in [-0.4, -0.2) is 63.8 Å². The van der Waals surface area contributed by atoms with Crippen molar-refractivity contribution in [3.05, 3.63) is 59.7 Å². The van der Waals surface area contributed by atoms with Gasteiger partial charge < -0.3 is 39.9 Å². The molecule has 2 heterocycles. The molecule has 4 rings (SSSR count). The molecule has 0 bridgehead atoms. The number of methoxy groups -OCH3 is 2. The van der Waals surface area contributed by atoms with Gasteiger partial charge in [0.05, 0.1) is 38.8 Å². The van der Waals surface area contributed by atoms with E-state index >= 15 is 0 Å². The summed E-state index contributed by atoms with van der Waals surface area (Å²) in [6.45, 7) is 0.277. The molecule has 0 unspecified atom stereocenters. The van der Waals surface area contributed by atoms with Crippen LogP contribution in [-0.2, 0) is 28.5 Å². The van der Waals surface area contributed by atoms with Crippen molar-refractivity contribution >= 4 is 35.5 Å². The first kappa shape index (κ1) is 25.1. The number of anilines is 2. The number of nitrogens with two attached hydrogens (primary N) is 2. The molecule has 0 amide bonds. The molecular weight excluding hydrogens is 468 g/mol. The third kappa shape index (κ3) is 5.78. The van der Waals surface area contributed by atoms with Crippen LogP contribution in [0.1, 0.15) is 11.1 Å². The van der Waals surface area contributed by atoms with Gasteiger partial charge in [-0.2, -0.15) is 0 Å². The number of hydrogen-bond donors (Lipinski definition) is 2. The minimum Gasteiger partial charge on any atom is -0.495 e. The number of nitrogen functional groups attached to an aromatic ring is 2. The molecule has 190 valence electrons. The van der Waals surface area contributed by atoms with Gasteiger partial charge in [0, 0.05) is 12.2 Å². The highest BCUT2D eigenvalue weighted by Crippen LogP contribution is 2.31. The van der Waals surface area contributed by atoms with E-state index < -0.39 is 36.4 Å². The lowest BCUT2D eigenvalue weighted by molar-refractivity contribution is -0.149. The summed E-state index contributed by atoms with van der Waals surface area (Å²) in [5.41, 5.74) is 14.1. The Morgan fingerprint density at radius 3 is 1.58 bits per heavy atom. The van der Waals surface area contributed by atoms with Gasteiger partial charge in [-0.25, -0.2) is 9.59 Å². The number of carbonyl (C=O) groups is 2. The molecule has 0 spiro atoms. The molecule has 0 aliphatic carbocycles. The Kier molecular flexibility index (Phi) is 7.77. The molecule has 2 aliphatic heterocycles. The van der Waals surface area contributed by atoms with Gasteiger partial charge in [0.2, 0.25) is 0 Å². The first-order valence-corrected chi connectivity index (χ1v) is 11.3. The monoisotopic (exact) mass is 496 g/mol. The Balaban J connectivity index is 1.29. The van der Waals surface area contributed by atoms with Crippen molar-refractivity contribution < 1.29 is 38.0 Å². The minimum atomic E-state index is -0.616. The highest BCUT2D eigenvalue weighted by molar-refractivity contribution is 5.88. The normalized spacial score (nSPS) is 23.1. The van der Waals surface area contributed by atoms with Gasteiger partial charge >= 0.3 is 11.9 Å². The zero-order valence-corrected chi connectivity index (χ0v) is 19.9. The van der Waals surface area contributed by atoms with E-state index in [4.69, 9.17) is 39.9 Å². The molecule has 4 atom stereocenters. The summed E-state index contributed by atoms with van der Waals surface area (Å²) in [4.78, 5) is 24.7. The predicted molar refractivity (Wildman–Crippen MR) is 132 cm³/mol. The molecule has 10 nitrogen and oxygen atoms in total. The standard InChI is InChI=1S/C26H28N2O8/c1-31-19-11-15(3-7-17(19)27)5-9-23(29)35-21-13-33-26-22(14-34-25(21)26)36-24(30)10-6-16-4-8-18(28)20(12-16)32-2/h3-12,21-22,25-26H,13-14,27-28H2,1-2H3/t21-,22+,25-,26-/m1/s1. The largest absolute Gasteiger partial charge is 0.495 e. The van der Waals surface area contributed by atoms with Crippen LogP contribution in [0.5, 0.6) is 11.5 Å². The molecule has 0 saturated carbocycles. The fourth-order valence-corrected chi connectivity index (χ4v) is 4.00. The van der Waals surface area contributed by atoms with Crippen LogP contribution < -0.4 is 20.9 Å². The van der Waals surface area contributed by atoms with Crippen molar-refractivity contribution in [2.24, 2.45) is 0 Å². The molecule has 2 saturated heterocycles. The molecule has 4 N–H and O–H groups in total. The zero-order chi connectivity index (χ0) is 25.7. The average Bonchev–Trinajstić information content (AvgIpc) is 3.46. The smallest absolute Gasteiger partial charge is 0.331 e. The van der Waals surface area contributed by atoms with E-state index in [1.807, 2.05) is 0 Å². The third-order valence-corrected chi connectivity index (χ3v) is 5.84. The third-order valence-electron chi connectivity index (χ3n) is 5.84. The van der Waals surface area contributed by atoms with E-state index in [0.717, 1.165) is 11.1 Å². The molecule has 0 radical (unpaired) electrons. The van der Waals surface area contributed by atoms with Crippen LogP contribution in [0, 0.1) is 0 Å². The van der Waals surface area contributed by atoms with Crippen LogP contribution >= 0.6 is 0 Å². The summed E-state index contributed by atoms with van der Waals surface area (Å²) >= 11 is 0. The average molecular weight is 497 g/mol. The van der Waals surface area contributed by atoms with Crippen LogP contribution in [0.3, 0.4) is 0 Å². The second-order valence-electron chi connectivity index (χ2n) is 8.22. The minimum absolute atomic E-state index is 0.139. The van der Waals surface area contributed by atoms with E-state index in [0.29, 0.717) is 22.9 Å². The lowest BCUT2D eigenvalue weighted by Gasteiger charge is -2.16. The van der Waals surface area contributed by atoms with Crippen LogP contribution in [0.25, 0.3) is 12.2 Å². The van der Waals surface area contributed by atoms with Gasteiger partial charge in [-0.1, -0.05) is 12.1 Å². The maximum atomic E-state index is 12.3. The number of carbonyl (C=O) groups excluding carboxylic acids is 2. The first-order valence-electron chi connectivity index (χ1n) is 11.3. The molecule has 10 heteroatoms. The molecular formula is C26H28N2O8. The van der Waals surface area contributed by atoms with E-state index in [1.165, 1.54) is 26.4 Å². The number of rotatable bonds is 8. The molecule has 2 aromatic rings. The van der Waals surface area contributed by atoms with Crippen LogP contribution in [0.2, 0.25) is 0 Å². The summed E-state index contributed by atoms with van der Waals surface area (Å²) in [7, 11) is 3.04. The second kappa shape index (κ2) is 11.1. The van der Waals surface area contributed by atoms with Crippen molar-refractivity contribution in [2.75, 3.05) is 38.9 Å². The second-order valence-corrected chi connectivity index (χ2v) is 8.22. The lowest BCUT2D eigenvalue weighted by Crippen LogP contribution is -2.35. The van der Waals surface area contributed by atoms with Gasteiger partial charge in [-0.05, 0) is 47.5 Å². The highest BCUT2D eigenvalue weighted by Gasteiger charge is 2.51. The molecule has 0 aromatic heterocycles. The van der Waals surface area contributed by atoms with Gasteiger partial charge in [0.15, 0.2) is 12.2 Å². The first-order chi connectivity index (χ1) is 17.4. The summed E-state index contributed by atoms with van der Waals surface area (Å²) in [6, 6.07) is 10.3. The fraction of sp³-hybridized carbons (Fsp3) is 0.308. The van der Waals surface area contributed by atoms with Gasteiger partial charge in [0.1, 0.15) is 23.7 Å². The number of hydrogen-bond acceptors (Lipinski definition) is 10. The van der Waals surface area contributed by atoms with Crippen molar-refractivity contribution in [2.45, 2.75) is 24.4 Å². The van der Waals surface area contributed by atoms with Crippen LogP contribution in [0.15, 0.2) is 48.6 Å². The predicted octanol–water partition coefficient (Wildman–Crippen LogP) is 2.22. The Labute approximate surface area is 208 Å². The fourth-order valence-electron chi connectivity index (χ4n) is 4.00. The molecule has 2 aliphatic rings. The van der Waals surface area contributed by atoms with E-state index in [2.05, 4.69) is 0 Å². The van der Waals surface area contributed by atoms with Crippen molar-refractivity contribution in [3.63, 3.8) is 0 Å². The Morgan fingerprint density at radius 2 is 1.19 bits per heavy atom. The summed E-state index contributed by atoms with van der Waals surface area (Å²) in [5.74, 6) is -0.0713. The SMILES string of the molecule is COc1cc(C=CC(=O)O[C@H]2CO[C@H]3[C@@H]2OC[C@H]3OC(=O)C=Cc2ccc(N)c(OC)c2)ccc1N. The topological polar surface area (TPSA) is 142 Å².